The van der Waals surface area contributed by atoms with Crippen LogP contribution in [0.1, 0.15) is 24.0 Å². The predicted octanol–water partition coefficient (Wildman–Crippen LogP) is 3.96. The molecule has 0 unspecified atom stereocenters. The van der Waals surface area contributed by atoms with Crippen LogP contribution in [-0.2, 0) is 6.54 Å². The van der Waals surface area contributed by atoms with Crippen molar-refractivity contribution >= 4 is 11.6 Å². The van der Waals surface area contributed by atoms with Crippen LogP contribution in [-0.4, -0.2) is 11.0 Å². The van der Waals surface area contributed by atoms with Gasteiger partial charge in [0.1, 0.15) is 0 Å². The zero-order valence-electron chi connectivity index (χ0n) is 11.0. The third-order valence-corrected chi connectivity index (χ3v) is 3.79. The molecule has 1 aliphatic carbocycles. The molecule has 1 aromatic heterocycles. The Bertz CT molecular complexity index is 591. The topological polar surface area (TPSA) is 24.9 Å². The number of nitrogens with one attached hydrogen (secondary N) is 1. The lowest BCUT2D eigenvalue weighted by molar-refractivity contribution is 0.689. The minimum Gasteiger partial charge on any atom is -0.310 e. The highest BCUT2D eigenvalue weighted by Gasteiger charge is 2.20. The van der Waals surface area contributed by atoms with Gasteiger partial charge in [-0.1, -0.05) is 17.7 Å². The van der Waals surface area contributed by atoms with E-state index in [0.29, 0.717) is 6.04 Å². The summed E-state index contributed by atoms with van der Waals surface area (Å²) in [4.78, 5) is 4.24. The molecular weight excluding hydrogens is 256 g/mol. The molecule has 0 atom stereocenters. The van der Waals surface area contributed by atoms with E-state index in [2.05, 4.69) is 29.4 Å². The van der Waals surface area contributed by atoms with E-state index in [4.69, 9.17) is 11.6 Å². The van der Waals surface area contributed by atoms with Gasteiger partial charge in [-0.3, -0.25) is 4.98 Å². The van der Waals surface area contributed by atoms with Crippen LogP contribution in [0.4, 0.5) is 0 Å². The molecule has 0 saturated heterocycles. The van der Waals surface area contributed by atoms with Gasteiger partial charge in [0, 0.05) is 35.6 Å². The first-order chi connectivity index (χ1) is 9.24. The average molecular weight is 273 g/mol. The molecule has 0 spiro atoms. The van der Waals surface area contributed by atoms with E-state index >= 15 is 0 Å². The Balaban J connectivity index is 1.96. The maximum atomic E-state index is 6.13. The minimum absolute atomic E-state index is 0.696. The standard InChI is InChI=1S/C16H17ClN2/c1-11-6-7-18-10-16(11)15-5-2-13(17)8-12(15)9-19-14-3-4-14/h2,5-8,10,14,19H,3-4,9H2,1H3. The number of rotatable bonds is 4. The average Bonchev–Trinajstić information content (AvgIpc) is 3.22. The molecule has 3 rings (SSSR count). The summed E-state index contributed by atoms with van der Waals surface area (Å²) in [6.07, 6.45) is 6.35. The van der Waals surface area contributed by atoms with Gasteiger partial charge in [-0.25, -0.2) is 0 Å². The Kier molecular flexibility index (Phi) is 3.54. The normalized spacial score (nSPS) is 14.6. The molecule has 0 aliphatic heterocycles. The van der Waals surface area contributed by atoms with Gasteiger partial charge in [-0.05, 0) is 54.7 Å². The SMILES string of the molecule is Cc1ccncc1-c1ccc(Cl)cc1CNC1CC1. The number of pyridine rings is 1. The van der Waals surface area contributed by atoms with Crippen molar-refractivity contribution in [1.29, 1.82) is 0 Å². The number of nitrogens with zero attached hydrogens (tertiary/aromatic N) is 1. The van der Waals surface area contributed by atoms with E-state index in [9.17, 15) is 0 Å². The van der Waals surface area contributed by atoms with Gasteiger partial charge < -0.3 is 5.32 Å². The highest BCUT2D eigenvalue weighted by Crippen LogP contribution is 2.29. The van der Waals surface area contributed by atoms with Crippen molar-refractivity contribution in [3.8, 4) is 11.1 Å². The van der Waals surface area contributed by atoms with Crippen LogP contribution < -0.4 is 5.32 Å². The van der Waals surface area contributed by atoms with E-state index in [1.165, 1.54) is 35.1 Å². The largest absolute Gasteiger partial charge is 0.310 e. The van der Waals surface area contributed by atoms with Crippen LogP contribution >= 0.6 is 11.6 Å². The Hall–Kier alpha value is -1.38. The van der Waals surface area contributed by atoms with Crippen molar-refractivity contribution in [3.63, 3.8) is 0 Å². The zero-order chi connectivity index (χ0) is 13.2. The molecule has 1 aromatic carbocycles. The molecule has 0 bridgehead atoms. The third-order valence-electron chi connectivity index (χ3n) is 3.56. The van der Waals surface area contributed by atoms with E-state index in [0.717, 1.165) is 11.6 Å². The Labute approximate surface area is 118 Å². The molecule has 19 heavy (non-hydrogen) atoms. The molecule has 2 aromatic rings. The van der Waals surface area contributed by atoms with Gasteiger partial charge in [-0.15, -0.1) is 0 Å². The number of aryl methyl sites for hydroxylation is 1. The van der Waals surface area contributed by atoms with Crippen LogP contribution in [0.3, 0.4) is 0 Å². The lowest BCUT2D eigenvalue weighted by Crippen LogP contribution is -2.16. The van der Waals surface area contributed by atoms with Gasteiger partial charge >= 0.3 is 0 Å². The Morgan fingerprint density at radius 3 is 2.84 bits per heavy atom. The summed E-state index contributed by atoms with van der Waals surface area (Å²) in [6, 6.07) is 8.84. The van der Waals surface area contributed by atoms with Crippen molar-refractivity contribution in [3.05, 3.63) is 52.8 Å². The van der Waals surface area contributed by atoms with Crippen LogP contribution in [0.2, 0.25) is 5.02 Å². The first-order valence-corrected chi connectivity index (χ1v) is 7.04. The van der Waals surface area contributed by atoms with Gasteiger partial charge in [0.2, 0.25) is 0 Å². The zero-order valence-corrected chi connectivity index (χ0v) is 11.7. The van der Waals surface area contributed by atoms with Crippen LogP contribution in [0.5, 0.6) is 0 Å². The fourth-order valence-electron chi connectivity index (χ4n) is 2.26. The lowest BCUT2D eigenvalue weighted by Gasteiger charge is -2.13. The smallest absolute Gasteiger partial charge is 0.0409 e. The summed E-state index contributed by atoms with van der Waals surface area (Å²) in [5.74, 6) is 0. The summed E-state index contributed by atoms with van der Waals surface area (Å²) in [5, 5.41) is 4.34. The Morgan fingerprint density at radius 2 is 2.11 bits per heavy atom. The molecule has 1 saturated carbocycles. The maximum Gasteiger partial charge on any atom is 0.0409 e. The molecule has 2 nitrogen and oxygen atoms in total. The van der Waals surface area contributed by atoms with Gasteiger partial charge in [0.25, 0.3) is 0 Å². The minimum atomic E-state index is 0.696. The second kappa shape index (κ2) is 5.32. The molecule has 1 aliphatic rings. The molecule has 3 heteroatoms. The van der Waals surface area contributed by atoms with Crippen molar-refractivity contribution in [2.45, 2.75) is 32.4 Å². The van der Waals surface area contributed by atoms with Crippen molar-refractivity contribution in [1.82, 2.24) is 10.3 Å². The second-order valence-electron chi connectivity index (χ2n) is 5.15. The van der Waals surface area contributed by atoms with Crippen LogP contribution in [0.25, 0.3) is 11.1 Å². The Morgan fingerprint density at radius 1 is 1.26 bits per heavy atom. The van der Waals surface area contributed by atoms with Crippen molar-refractivity contribution in [2.24, 2.45) is 0 Å². The summed E-state index contributed by atoms with van der Waals surface area (Å²) in [7, 11) is 0. The van der Waals surface area contributed by atoms with Crippen molar-refractivity contribution < 1.29 is 0 Å². The highest BCUT2D eigenvalue weighted by molar-refractivity contribution is 6.30. The summed E-state index contributed by atoms with van der Waals surface area (Å²) in [5.41, 5.74) is 4.90. The predicted molar refractivity (Wildman–Crippen MR) is 79.3 cm³/mol. The molecule has 98 valence electrons. The summed E-state index contributed by atoms with van der Waals surface area (Å²) < 4.78 is 0. The molecular formula is C16H17ClN2. The van der Waals surface area contributed by atoms with Crippen LogP contribution in [0.15, 0.2) is 36.7 Å². The fraction of sp³-hybridized carbons (Fsp3) is 0.312. The van der Waals surface area contributed by atoms with E-state index in [1.54, 1.807) is 0 Å². The lowest BCUT2D eigenvalue weighted by atomic mass is 9.98. The molecule has 0 amide bonds. The number of benzene rings is 1. The maximum absolute atomic E-state index is 6.13. The number of aromatic nitrogens is 1. The molecule has 1 heterocycles. The van der Waals surface area contributed by atoms with Gasteiger partial charge in [-0.2, -0.15) is 0 Å². The number of hydrogen-bond donors (Lipinski definition) is 1. The van der Waals surface area contributed by atoms with E-state index < -0.39 is 0 Å². The first-order valence-electron chi connectivity index (χ1n) is 6.67. The molecule has 1 N–H and O–H groups in total. The third kappa shape index (κ3) is 2.96. The highest BCUT2D eigenvalue weighted by atomic mass is 35.5. The van der Waals surface area contributed by atoms with Gasteiger partial charge in [0.05, 0.1) is 0 Å². The first kappa shape index (κ1) is 12.6. The van der Waals surface area contributed by atoms with Crippen LogP contribution in [0, 0.1) is 6.92 Å². The quantitative estimate of drug-likeness (QED) is 0.911. The monoisotopic (exact) mass is 272 g/mol. The number of hydrogen-bond acceptors (Lipinski definition) is 2. The van der Waals surface area contributed by atoms with Gasteiger partial charge in [0.15, 0.2) is 0 Å². The summed E-state index contributed by atoms with van der Waals surface area (Å²) in [6.45, 7) is 2.98. The van der Waals surface area contributed by atoms with Crippen molar-refractivity contribution in [2.75, 3.05) is 0 Å². The fourth-order valence-corrected chi connectivity index (χ4v) is 2.45. The molecule has 0 radical (unpaired) electrons. The second-order valence-corrected chi connectivity index (χ2v) is 5.58. The van der Waals surface area contributed by atoms with E-state index in [1.807, 2.05) is 24.5 Å². The van der Waals surface area contributed by atoms with E-state index in [-0.39, 0.29) is 0 Å². The molecule has 1 fully saturated rings. The number of halogens is 1. The summed E-state index contributed by atoms with van der Waals surface area (Å²) >= 11 is 6.13.